The van der Waals surface area contributed by atoms with Crippen molar-refractivity contribution in [3.05, 3.63) is 29.8 Å². The normalized spacial score (nSPS) is 21.4. The third-order valence-electron chi connectivity index (χ3n) is 3.22. The number of hydrogen-bond donors (Lipinski definition) is 2. The maximum absolute atomic E-state index is 12.3. The van der Waals surface area contributed by atoms with Crippen molar-refractivity contribution in [3.63, 3.8) is 0 Å². The van der Waals surface area contributed by atoms with Crippen LogP contribution in [0.1, 0.15) is 23.7 Å². The molecule has 20 heavy (non-hydrogen) atoms. The van der Waals surface area contributed by atoms with Gasteiger partial charge in [-0.3, -0.25) is 4.79 Å². The van der Waals surface area contributed by atoms with Crippen molar-refractivity contribution < 1.29 is 19.4 Å². The Labute approximate surface area is 121 Å². The predicted octanol–water partition coefficient (Wildman–Crippen LogP) is 1.78. The molecule has 5 nitrogen and oxygen atoms in total. The molecule has 0 aromatic heterocycles. The van der Waals surface area contributed by atoms with Crippen LogP contribution in [0.2, 0.25) is 0 Å². The van der Waals surface area contributed by atoms with E-state index in [1.807, 2.05) is 6.92 Å². The third kappa shape index (κ3) is 2.90. The summed E-state index contributed by atoms with van der Waals surface area (Å²) in [5, 5.41) is 12.0. The molecule has 0 aliphatic carbocycles. The molecule has 1 unspecified atom stereocenters. The van der Waals surface area contributed by atoms with Crippen molar-refractivity contribution in [2.24, 2.45) is 0 Å². The van der Waals surface area contributed by atoms with Gasteiger partial charge in [-0.25, -0.2) is 4.79 Å². The standard InChI is InChI=1S/C14H17NO4S/c1-2-19-11-6-4-3-5-10(11)12(16)15-14(13(17)18)7-8-20-9-14/h3-6H,2,7-9H2,1H3,(H,15,16)(H,17,18). The number of ether oxygens (including phenoxy) is 1. The Kier molecular flexibility index (Phi) is 4.54. The second-order valence-corrected chi connectivity index (χ2v) is 5.68. The number of carboxylic acids is 1. The molecule has 1 atom stereocenters. The highest BCUT2D eigenvalue weighted by molar-refractivity contribution is 7.99. The molecule has 0 radical (unpaired) electrons. The fraction of sp³-hybridized carbons (Fsp3) is 0.429. The van der Waals surface area contributed by atoms with E-state index in [-0.39, 0.29) is 0 Å². The van der Waals surface area contributed by atoms with Gasteiger partial charge in [-0.2, -0.15) is 11.8 Å². The van der Waals surface area contributed by atoms with Crippen molar-refractivity contribution in [1.82, 2.24) is 5.32 Å². The number of carboxylic acid groups (broad SMARTS) is 1. The van der Waals surface area contributed by atoms with Gasteiger partial charge in [0.1, 0.15) is 11.3 Å². The summed E-state index contributed by atoms with van der Waals surface area (Å²) in [5.74, 6) is 0.215. The molecular formula is C14H17NO4S. The summed E-state index contributed by atoms with van der Waals surface area (Å²) in [5.41, 5.74) is -0.798. The van der Waals surface area contributed by atoms with Crippen LogP contribution in [0, 0.1) is 0 Å². The number of carbonyl (C=O) groups is 2. The van der Waals surface area contributed by atoms with Crippen LogP contribution in [0.4, 0.5) is 0 Å². The molecule has 0 saturated carbocycles. The van der Waals surface area contributed by atoms with E-state index >= 15 is 0 Å². The van der Waals surface area contributed by atoms with Gasteiger partial charge in [0.25, 0.3) is 5.91 Å². The first-order valence-electron chi connectivity index (χ1n) is 6.44. The summed E-state index contributed by atoms with van der Waals surface area (Å²) >= 11 is 1.53. The van der Waals surface area contributed by atoms with Gasteiger partial charge in [0.15, 0.2) is 0 Å². The van der Waals surface area contributed by atoms with Gasteiger partial charge in [-0.15, -0.1) is 0 Å². The van der Waals surface area contributed by atoms with Crippen molar-refractivity contribution >= 4 is 23.6 Å². The van der Waals surface area contributed by atoms with E-state index in [4.69, 9.17) is 4.74 Å². The summed E-state index contributed by atoms with van der Waals surface area (Å²) in [7, 11) is 0. The van der Waals surface area contributed by atoms with Crippen molar-refractivity contribution in [2.75, 3.05) is 18.1 Å². The van der Waals surface area contributed by atoms with Crippen LogP contribution >= 0.6 is 11.8 Å². The fourth-order valence-corrected chi connectivity index (χ4v) is 3.43. The average molecular weight is 295 g/mol. The van der Waals surface area contributed by atoms with Crippen LogP contribution < -0.4 is 10.1 Å². The van der Waals surface area contributed by atoms with Crippen LogP contribution in [-0.4, -0.2) is 40.6 Å². The molecule has 0 spiro atoms. The number of para-hydroxylation sites is 1. The highest BCUT2D eigenvalue weighted by Crippen LogP contribution is 2.29. The minimum absolute atomic E-state index is 0.367. The lowest BCUT2D eigenvalue weighted by molar-refractivity contribution is -0.143. The number of thioether (sulfide) groups is 1. The van der Waals surface area contributed by atoms with Crippen LogP contribution in [0.3, 0.4) is 0 Å². The van der Waals surface area contributed by atoms with Gasteiger partial charge in [0.05, 0.1) is 12.2 Å². The van der Waals surface area contributed by atoms with E-state index in [0.717, 1.165) is 5.75 Å². The zero-order valence-electron chi connectivity index (χ0n) is 11.2. The summed E-state index contributed by atoms with van der Waals surface area (Å²) in [6.07, 6.45) is 0.440. The lowest BCUT2D eigenvalue weighted by atomic mass is 9.98. The molecule has 1 heterocycles. The zero-order chi connectivity index (χ0) is 14.6. The zero-order valence-corrected chi connectivity index (χ0v) is 12.0. The van der Waals surface area contributed by atoms with E-state index in [1.165, 1.54) is 11.8 Å². The van der Waals surface area contributed by atoms with Gasteiger partial charge in [-0.05, 0) is 31.2 Å². The lowest BCUT2D eigenvalue weighted by Crippen LogP contribution is -2.54. The molecule has 1 aromatic carbocycles. The van der Waals surface area contributed by atoms with E-state index in [0.29, 0.717) is 30.1 Å². The first-order valence-corrected chi connectivity index (χ1v) is 7.60. The number of amides is 1. The topological polar surface area (TPSA) is 75.6 Å². The highest BCUT2D eigenvalue weighted by atomic mass is 32.2. The number of nitrogens with one attached hydrogen (secondary N) is 1. The second kappa shape index (κ2) is 6.17. The highest BCUT2D eigenvalue weighted by Gasteiger charge is 2.43. The van der Waals surface area contributed by atoms with E-state index in [9.17, 15) is 14.7 Å². The summed E-state index contributed by atoms with van der Waals surface area (Å²) in [6, 6.07) is 6.85. The Morgan fingerprint density at radius 3 is 2.80 bits per heavy atom. The van der Waals surface area contributed by atoms with E-state index < -0.39 is 17.4 Å². The van der Waals surface area contributed by atoms with Crippen molar-refractivity contribution in [1.29, 1.82) is 0 Å². The summed E-state index contributed by atoms with van der Waals surface area (Å²) < 4.78 is 5.40. The minimum atomic E-state index is -1.17. The molecule has 1 fully saturated rings. The van der Waals surface area contributed by atoms with E-state index in [2.05, 4.69) is 5.32 Å². The Bertz CT molecular complexity index is 512. The maximum Gasteiger partial charge on any atom is 0.330 e. The van der Waals surface area contributed by atoms with E-state index in [1.54, 1.807) is 24.3 Å². The molecular weight excluding hydrogens is 278 g/mol. The Hall–Kier alpha value is -1.69. The van der Waals surface area contributed by atoms with Crippen LogP contribution in [0.5, 0.6) is 5.75 Å². The predicted molar refractivity (Wildman–Crippen MR) is 77.4 cm³/mol. The lowest BCUT2D eigenvalue weighted by Gasteiger charge is -2.25. The molecule has 2 N–H and O–H groups in total. The molecule has 0 bridgehead atoms. The van der Waals surface area contributed by atoms with Gasteiger partial charge in [-0.1, -0.05) is 12.1 Å². The quantitative estimate of drug-likeness (QED) is 0.866. The molecule has 108 valence electrons. The third-order valence-corrected chi connectivity index (χ3v) is 4.41. The van der Waals surface area contributed by atoms with Crippen LogP contribution in [-0.2, 0) is 4.79 Å². The largest absolute Gasteiger partial charge is 0.493 e. The molecule has 2 rings (SSSR count). The Morgan fingerprint density at radius 1 is 1.45 bits per heavy atom. The number of carbonyl (C=O) groups excluding carboxylic acids is 1. The van der Waals surface area contributed by atoms with Gasteiger partial charge in [0, 0.05) is 5.75 Å². The van der Waals surface area contributed by atoms with Gasteiger partial charge in [0.2, 0.25) is 0 Å². The molecule has 1 aromatic rings. The van der Waals surface area contributed by atoms with Gasteiger partial charge < -0.3 is 15.2 Å². The number of rotatable bonds is 5. The van der Waals surface area contributed by atoms with Crippen molar-refractivity contribution in [3.8, 4) is 5.75 Å². The smallest absolute Gasteiger partial charge is 0.330 e. The molecule has 1 saturated heterocycles. The first-order chi connectivity index (χ1) is 9.59. The number of benzene rings is 1. The Morgan fingerprint density at radius 2 is 2.20 bits per heavy atom. The molecule has 1 aliphatic rings. The first kappa shape index (κ1) is 14.7. The number of hydrogen-bond acceptors (Lipinski definition) is 4. The summed E-state index contributed by atoms with van der Waals surface area (Å²) in [6.45, 7) is 2.28. The number of aliphatic carboxylic acids is 1. The monoisotopic (exact) mass is 295 g/mol. The Balaban J connectivity index is 2.21. The SMILES string of the molecule is CCOc1ccccc1C(=O)NC1(C(=O)O)CCSC1. The minimum Gasteiger partial charge on any atom is -0.493 e. The fourth-order valence-electron chi connectivity index (χ4n) is 2.11. The second-order valence-electron chi connectivity index (χ2n) is 4.57. The van der Waals surface area contributed by atoms with Gasteiger partial charge >= 0.3 is 5.97 Å². The summed E-state index contributed by atoms with van der Waals surface area (Å²) in [4.78, 5) is 23.8. The average Bonchev–Trinajstić information content (AvgIpc) is 2.89. The van der Waals surface area contributed by atoms with Crippen LogP contribution in [0.25, 0.3) is 0 Å². The maximum atomic E-state index is 12.3. The molecule has 1 aliphatic heterocycles. The molecule has 6 heteroatoms. The molecule has 1 amide bonds. The van der Waals surface area contributed by atoms with Crippen LogP contribution in [0.15, 0.2) is 24.3 Å². The van der Waals surface area contributed by atoms with Crippen molar-refractivity contribution in [2.45, 2.75) is 18.9 Å².